The summed E-state index contributed by atoms with van der Waals surface area (Å²) in [5.41, 5.74) is 1.72. The Hall–Kier alpha value is -2.42. The lowest BCUT2D eigenvalue weighted by Gasteiger charge is -1.99. The highest BCUT2D eigenvalue weighted by molar-refractivity contribution is 8.00. The Morgan fingerprint density at radius 1 is 1.04 bits per heavy atom. The van der Waals surface area contributed by atoms with Gasteiger partial charge in [0.05, 0.1) is 10.8 Å². The maximum atomic E-state index is 6.16. The number of thioether (sulfide) groups is 1. The van der Waals surface area contributed by atoms with E-state index in [0.717, 1.165) is 20.7 Å². The Morgan fingerprint density at radius 2 is 1.85 bits per heavy atom. The van der Waals surface area contributed by atoms with Crippen molar-refractivity contribution in [1.29, 1.82) is 0 Å². The topological polar surface area (TPSA) is 76.7 Å². The first kappa shape index (κ1) is 17.0. The lowest BCUT2D eigenvalue weighted by atomic mass is 10.2. The van der Waals surface area contributed by atoms with Gasteiger partial charge in [0.15, 0.2) is 4.34 Å². The lowest BCUT2D eigenvalue weighted by Crippen LogP contribution is -1.87. The molecule has 0 aliphatic heterocycles. The molecule has 0 amide bonds. The van der Waals surface area contributed by atoms with Gasteiger partial charge in [0.2, 0.25) is 16.8 Å². The summed E-state index contributed by atoms with van der Waals surface area (Å²) < 4.78 is 6.12. The monoisotopic (exact) mass is 401 g/mol. The summed E-state index contributed by atoms with van der Waals surface area (Å²) in [6, 6.07) is 17.2. The summed E-state index contributed by atoms with van der Waals surface area (Å²) in [7, 11) is 0. The Morgan fingerprint density at radius 3 is 2.69 bits per heavy atom. The molecular weight excluding hydrogens is 390 g/mol. The largest absolute Gasteiger partial charge is 0.338 e. The Bertz CT molecular complexity index is 1010. The smallest absolute Gasteiger partial charge is 0.237 e. The van der Waals surface area contributed by atoms with Crippen molar-refractivity contribution in [3.8, 4) is 11.4 Å². The van der Waals surface area contributed by atoms with Crippen LogP contribution in [-0.2, 0) is 5.75 Å². The quantitative estimate of drug-likeness (QED) is 0.440. The van der Waals surface area contributed by atoms with Gasteiger partial charge in [0, 0.05) is 11.3 Å². The molecule has 0 aliphatic rings. The molecule has 0 saturated carbocycles. The second kappa shape index (κ2) is 7.86. The predicted octanol–water partition coefficient (Wildman–Crippen LogP) is 5.28. The number of rotatable bonds is 6. The average Bonchev–Trinajstić information content (AvgIpc) is 3.31. The number of hydrogen-bond acceptors (Lipinski definition) is 8. The van der Waals surface area contributed by atoms with Crippen LogP contribution < -0.4 is 5.32 Å². The molecule has 2 aromatic carbocycles. The van der Waals surface area contributed by atoms with E-state index in [9.17, 15) is 0 Å². The third-order valence-corrected chi connectivity index (χ3v) is 5.62. The van der Waals surface area contributed by atoms with Crippen molar-refractivity contribution in [2.24, 2.45) is 0 Å². The molecule has 9 heteroatoms. The molecule has 0 atom stereocenters. The van der Waals surface area contributed by atoms with Crippen LogP contribution in [0.3, 0.4) is 0 Å². The molecule has 0 aliphatic carbocycles. The maximum Gasteiger partial charge on any atom is 0.237 e. The van der Waals surface area contributed by atoms with Gasteiger partial charge < -0.3 is 9.84 Å². The molecule has 4 rings (SSSR count). The first-order valence-corrected chi connectivity index (χ1v) is 9.82. The van der Waals surface area contributed by atoms with Crippen molar-refractivity contribution in [3.63, 3.8) is 0 Å². The van der Waals surface area contributed by atoms with Crippen molar-refractivity contribution in [1.82, 2.24) is 20.3 Å². The van der Waals surface area contributed by atoms with Crippen LogP contribution >= 0.6 is 34.7 Å². The highest BCUT2D eigenvalue weighted by Crippen LogP contribution is 2.30. The molecule has 26 heavy (non-hydrogen) atoms. The van der Waals surface area contributed by atoms with Gasteiger partial charge in [-0.25, -0.2) is 0 Å². The van der Waals surface area contributed by atoms with Gasteiger partial charge in [0.1, 0.15) is 0 Å². The number of aromatic nitrogens is 4. The van der Waals surface area contributed by atoms with Gasteiger partial charge in [-0.1, -0.05) is 70.2 Å². The molecule has 2 aromatic heterocycles. The van der Waals surface area contributed by atoms with Crippen LogP contribution in [0.4, 0.5) is 10.8 Å². The van der Waals surface area contributed by atoms with Crippen molar-refractivity contribution >= 4 is 45.5 Å². The second-order valence-corrected chi connectivity index (χ2v) is 7.75. The van der Waals surface area contributed by atoms with Crippen LogP contribution in [0.25, 0.3) is 11.4 Å². The number of nitrogens with one attached hydrogen (secondary N) is 1. The van der Waals surface area contributed by atoms with Crippen molar-refractivity contribution in [3.05, 3.63) is 65.5 Å². The van der Waals surface area contributed by atoms with Crippen LogP contribution in [-0.4, -0.2) is 20.3 Å². The van der Waals surface area contributed by atoms with E-state index in [1.54, 1.807) is 6.07 Å². The number of nitrogens with zero attached hydrogens (tertiary/aromatic N) is 4. The van der Waals surface area contributed by atoms with Crippen molar-refractivity contribution in [2.45, 2.75) is 10.1 Å². The van der Waals surface area contributed by atoms with E-state index >= 15 is 0 Å². The zero-order valence-electron chi connectivity index (χ0n) is 13.3. The minimum Gasteiger partial charge on any atom is -0.338 e. The molecular formula is C17H12ClN5OS2. The van der Waals surface area contributed by atoms with Gasteiger partial charge >= 0.3 is 0 Å². The summed E-state index contributed by atoms with van der Waals surface area (Å²) in [5, 5.41) is 16.8. The average molecular weight is 402 g/mol. The third-order valence-electron chi connectivity index (χ3n) is 3.33. The van der Waals surface area contributed by atoms with Gasteiger partial charge in [-0.3, -0.25) is 0 Å². The van der Waals surface area contributed by atoms with E-state index in [2.05, 4.69) is 25.7 Å². The lowest BCUT2D eigenvalue weighted by molar-refractivity contribution is 0.391. The Labute approximate surface area is 162 Å². The fourth-order valence-electron chi connectivity index (χ4n) is 2.15. The zero-order chi connectivity index (χ0) is 17.8. The second-order valence-electron chi connectivity index (χ2n) is 5.14. The molecule has 0 bridgehead atoms. The predicted molar refractivity (Wildman–Crippen MR) is 104 cm³/mol. The minimum absolute atomic E-state index is 0.481. The molecule has 0 radical (unpaired) electrons. The summed E-state index contributed by atoms with van der Waals surface area (Å²) in [6.07, 6.45) is 0. The molecule has 0 unspecified atom stereocenters. The number of anilines is 2. The SMILES string of the molecule is Clc1ccccc1-c1noc(CSc2nnc(Nc3ccccc3)s2)n1. The summed E-state index contributed by atoms with van der Waals surface area (Å²) in [5.74, 6) is 1.50. The fourth-order valence-corrected chi connectivity index (χ4v) is 3.98. The van der Waals surface area contributed by atoms with E-state index in [1.807, 2.05) is 48.5 Å². The summed E-state index contributed by atoms with van der Waals surface area (Å²) in [6.45, 7) is 0. The van der Waals surface area contributed by atoms with Crippen molar-refractivity contribution < 1.29 is 4.52 Å². The number of halogens is 1. The molecule has 1 N–H and O–H groups in total. The zero-order valence-corrected chi connectivity index (χ0v) is 15.7. The number of hydrogen-bond donors (Lipinski definition) is 1. The highest BCUT2D eigenvalue weighted by Gasteiger charge is 2.13. The number of para-hydroxylation sites is 1. The van der Waals surface area contributed by atoms with E-state index in [1.165, 1.54) is 23.1 Å². The molecule has 6 nitrogen and oxygen atoms in total. The standard InChI is InChI=1S/C17H12ClN5OS2/c18-13-9-5-4-8-12(13)15-20-14(24-23-15)10-25-17-22-21-16(26-17)19-11-6-2-1-3-7-11/h1-9H,10H2,(H,19,21). The van der Waals surface area contributed by atoms with Crippen molar-refractivity contribution in [2.75, 3.05) is 5.32 Å². The molecule has 130 valence electrons. The van der Waals surface area contributed by atoms with Crippen LogP contribution in [0.5, 0.6) is 0 Å². The summed E-state index contributed by atoms with van der Waals surface area (Å²) in [4.78, 5) is 4.39. The summed E-state index contributed by atoms with van der Waals surface area (Å²) >= 11 is 9.12. The molecule has 0 fully saturated rings. The molecule has 2 heterocycles. The Kier molecular flexibility index (Phi) is 5.14. The first-order valence-electron chi connectivity index (χ1n) is 7.64. The Balaban J connectivity index is 1.39. The van der Waals surface area contributed by atoms with Crippen LogP contribution in [0.2, 0.25) is 5.02 Å². The van der Waals surface area contributed by atoms with Gasteiger partial charge in [-0.05, 0) is 24.3 Å². The number of benzene rings is 2. The van der Waals surface area contributed by atoms with Gasteiger partial charge in [-0.15, -0.1) is 10.2 Å². The van der Waals surface area contributed by atoms with Crippen LogP contribution in [0.1, 0.15) is 5.89 Å². The normalized spacial score (nSPS) is 10.8. The van der Waals surface area contributed by atoms with Crippen LogP contribution in [0, 0.1) is 0 Å². The van der Waals surface area contributed by atoms with E-state index in [0.29, 0.717) is 22.5 Å². The van der Waals surface area contributed by atoms with Crippen LogP contribution in [0.15, 0.2) is 63.5 Å². The maximum absolute atomic E-state index is 6.16. The van der Waals surface area contributed by atoms with E-state index < -0.39 is 0 Å². The van der Waals surface area contributed by atoms with E-state index in [4.69, 9.17) is 16.1 Å². The third kappa shape index (κ3) is 4.04. The minimum atomic E-state index is 0.481. The highest BCUT2D eigenvalue weighted by atomic mass is 35.5. The fraction of sp³-hybridized carbons (Fsp3) is 0.0588. The first-order chi connectivity index (χ1) is 12.8. The van der Waals surface area contributed by atoms with Gasteiger partial charge in [0.25, 0.3) is 0 Å². The van der Waals surface area contributed by atoms with E-state index in [-0.39, 0.29) is 0 Å². The molecule has 4 aromatic rings. The molecule has 0 spiro atoms. The molecule has 0 saturated heterocycles. The van der Waals surface area contributed by atoms with Gasteiger partial charge in [-0.2, -0.15) is 4.98 Å².